The molecule has 6 aromatic carbocycles. The average molecular weight is 971 g/mol. The fourth-order valence-corrected chi connectivity index (χ4v) is 16.8. The summed E-state index contributed by atoms with van der Waals surface area (Å²) >= 11 is 0. The Hall–Kier alpha value is -3.82. The van der Waals surface area contributed by atoms with Gasteiger partial charge in [-0.1, -0.05) is 228 Å². The molecule has 0 bridgehead atoms. The zero-order chi connectivity index (χ0) is 49.5. The molecule has 6 aromatic rings. The van der Waals surface area contributed by atoms with Crippen molar-refractivity contribution in [2.24, 2.45) is 0 Å². The molecule has 0 aliphatic rings. The first-order valence-corrected chi connectivity index (χ1v) is 31.4. The molecule has 0 unspecified atom stereocenters. The fourth-order valence-electron chi connectivity index (χ4n) is 10.9. The third-order valence-electron chi connectivity index (χ3n) is 14.9. The van der Waals surface area contributed by atoms with E-state index in [1.807, 2.05) is 0 Å². The third kappa shape index (κ3) is 14.2. The highest BCUT2D eigenvalue weighted by Crippen LogP contribution is 2.45. The zero-order valence-electron chi connectivity index (χ0n) is 45.4. The number of rotatable bonds is 31. The van der Waals surface area contributed by atoms with Crippen LogP contribution in [0.15, 0.2) is 121 Å². The molecule has 70 heavy (non-hydrogen) atoms. The molecule has 0 N–H and O–H groups in total. The van der Waals surface area contributed by atoms with Crippen molar-refractivity contribution in [3.8, 4) is 11.1 Å². The molecule has 0 amide bonds. The monoisotopic (exact) mass is 971 g/mol. The SMILES string of the molecule is CCCCc1cccc(P(c2ccccc2-c2ccccc2P(c2cccc(CCCC)c2CCCC)c2cccc(CCCC)c2CCCC)c2cccc(CCCC)c2CCCC)c1CCCC. The van der Waals surface area contributed by atoms with Gasteiger partial charge in [-0.2, -0.15) is 0 Å². The van der Waals surface area contributed by atoms with Crippen LogP contribution in [0, 0.1) is 0 Å². The van der Waals surface area contributed by atoms with E-state index in [4.69, 9.17) is 0 Å². The molecule has 0 fully saturated rings. The molecule has 0 atom stereocenters. The van der Waals surface area contributed by atoms with Crippen LogP contribution < -0.4 is 31.8 Å². The first-order valence-electron chi connectivity index (χ1n) is 28.7. The summed E-state index contributed by atoms with van der Waals surface area (Å²) in [6.45, 7) is 18.9. The van der Waals surface area contributed by atoms with Crippen molar-refractivity contribution in [3.63, 3.8) is 0 Å². The molecule has 6 rings (SSSR count). The first-order chi connectivity index (χ1) is 34.5. The molecular formula is C68H92P2. The number of aryl methyl sites for hydroxylation is 4. The van der Waals surface area contributed by atoms with Crippen molar-refractivity contribution < 1.29 is 0 Å². The summed E-state index contributed by atoms with van der Waals surface area (Å²) in [6, 6.07) is 49.6. The van der Waals surface area contributed by atoms with E-state index in [-0.39, 0.29) is 0 Å². The Kier molecular flexibility index (Phi) is 24.0. The predicted octanol–water partition coefficient (Wildman–Crippen LogP) is 17.6. The van der Waals surface area contributed by atoms with Gasteiger partial charge >= 0.3 is 0 Å². The quantitative estimate of drug-likeness (QED) is 0.0381. The summed E-state index contributed by atoms with van der Waals surface area (Å²) in [5, 5.41) is 9.47. The van der Waals surface area contributed by atoms with E-state index in [1.165, 1.54) is 124 Å². The van der Waals surface area contributed by atoms with Gasteiger partial charge in [0.1, 0.15) is 0 Å². The van der Waals surface area contributed by atoms with Crippen LogP contribution in [0.4, 0.5) is 0 Å². The zero-order valence-corrected chi connectivity index (χ0v) is 47.2. The average Bonchev–Trinajstić information content (AvgIpc) is 3.39. The summed E-state index contributed by atoms with van der Waals surface area (Å²) in [5.74, 6) is 0. The maximum absolute atomic E-state index is 2.58. The molecule has 0 spiro atoms. The highest BCUT2D eigenvalue weighted by molar-refractivity contribution is 7.81. The van der Waals surface area contributed by atoms with Gasteiger partial charge in [0, 0.05) is 0 Å². The topological polar surface area (TPSA) is 0 Å². The van der Waals surface area contributed by atoms with E-state index in [0.717, 1.165) is 51.4 Å². The van der Waals surface area contributed by atoms with E-state index in [1.54, 1.807) is 65.7 Å². The van der Waals surface area contributed by atoms with Crippen molar-refractivity contribution in [2.75, 3.05) is 0 Å². The van der Waals surface area contributed by atoms with Crippen LogP contribution in [-0.2, 0) is 51.4 Å². The number of benzene rings is 6. The van der Waals surface area contributed by atoms with Crippen LogP contribution in [0.25, 0.3) is 11.1 Å². The van der Waals surface area contributed by atoms with Gasteiger partial charge in [-0.3, -0.25) is 0 Å². The van der Waals surface area contributed by atoms with Crippen molar-refractivity contribution in [1.82, 2.24) is 0 Å². The summed E-state index contributed by atoms with van der Waals surface area (Å²) < 4.78 is 0. The minimum Gasteiger partial charge on any atom is -0.0654 e. The van der Waals surface area contributed by atoms with Crippen molar-refractivity contribution in [1.29, 1.82) is 0 Å². The Bertz CT molecular complexity index is 2170. The fraction of sp³-hybridized carbons (Fsp3) is 0.471. The second-order valence-electron chi connectivity index (χ2n) is 20.2. The lowest BCUT2D eigenvalue weighted by molar-refractivity contribution is 0.760. The van der Waals surface area contributed by atoms with Gasteiger partial charge in [-0.15, -0.1) is 0 Å². The van der Waals surface area contributed by atoms with E-state index < -0.39 is 15.8 Å². The number of hydrogen-bond donors (Lipinski definition) is 0. The van der Waals surface area contributed by atoms with Crippen LogP contribution >= 0.6 is 15.8 Å². The van der Waals surface area contributed by atoms with Crippen LogP contribution in [0.2, 0.25) is 0 Å². The summed E-state index contributed by atoms with van der Waals surface area (Å²) in [5.41, 5.74) is 15.8. The molecule has 0 aliphatic heterocycles. The van der Waals surface area contributed by atoms with E-state index in [9.17, 15) is 0 Å². The second-order valence-corrected chi connectivity index (χ2v) is 24.4. The lowest BCUT2D eigenvalue weighted by Crippen LogP contribution is -2.30. The van der Waals surface area contributed by atoms with Crippen LogP contribution in [0.1, 0.15) is 203 Å². The van der Waals surface area contributed by atoms with Gasteiger partial charge in [-0.05, 0) is 206 Å². The Morgan fingerprint density at radius 1 is 0.229 bits per heavy atom. The van der Waals surface area contributed by atoms with Crippen molar-refractivity contribution in [3.05, 3.63) is 166 Å². The summed E-state index contributed by atoms with van der Waals surface area (Å²) in [6.07, 6.45) is 28.8. The van der Waals surface area contributed by atoms with Gasteiger partial charge in [-0.25, -0.2) is 0 Å². The van der Waals surface area contributed by atoms with Crippen molar-refractivity contribution >= 4 is 47.7 Å². The first kappa shape index (κ1) is 55.5. The number of unbranched alkanes of at least 4 members (excludes halogenated alkanes) is 8. The highest BCUT2D eigenvalue weighted by Gasteiger charge is 2.31. The standard InChI is InChI=1S/C68H92P2/c1-9-17-33-53-37-29-49-63(57(53)41-21-13-5)69(64-50-30-38-54(34-18-10-2)58(64)42-22-14-6)67-47-27-25-45-61(67)62-46-26-28-48-68(62)70(65-51-31-39-55(35-19-11-3)59(65)43-23-15-7)66-52-32-40-56(36-20-12-4)60(66)44-24-16-8/h25-32,37-40,45-52H,9-24,33-36,41-44H2,1-8H3. The van der Waals surface area contributed by atoms with Gasteiger partial charge in [0.25, 0.3) is 0 Å². The van der Waals surface area contributed by atoms with E-state index in [2.05, 4.69) is 177 Å². The van der Waals surface area contributed by atoms with Crippen LogP contribution in [0.5, 0.6) is 0 Å². The highest BCUT2D eigenvalue weighted by atomic mass is 31.1. The lowest BCUT2D eigenvalue weighted by Gasteiger charge is -2.31. The molecule has 2 heteroatoms. The molecule has 374 valence electrons. The lowest BCUT2D eigenvalue weighted by atomic mass is 9.97. The molecular weight excluding hydrogens is 879 g/mol. The van der Waals surface area contributed by atoms with Crippen LogP contribution in [-0.4, -0.2) is 0 Å². The van der Waals surface area contributed by atoms with Gasteiger partial charge in [0.05, 0.1) is 0 Å². The Morgan fingerprint density at radius 2 is 0.443 bits per heavy atom. The largest absolute Gasteiger partial charge is 0.0654 e. The van der Waals surface area contributed by atoms with Gasteiger partial charge in [0.2, 0.25) is 0 Å². The maximum atomic E-state index is 2.58. The van der Waals surface area contributed by atoms with Crippen LogP contribution in [0.3, 0.4) is 0 Å². The Morgan fingerprint density at radius 3 is 0.686 bits per heavy atom. The minimum atomic E-state index is -0.913. The summed E-state index contributed by atoms with van der Waals surface area (Å²) in [4.78, 5) is 0. The normalized spacial score (nSPS) is 11.6. The molecule has 0 radical (unpaired) electrons. The van der Waals surface area contributed by atoms with Gasteiger partial charge < -0.3 is 0 Å². The predicted molar refractivity (Wildman–Crippen MR) is 318 cm³/mol. The second kappa shape index (κ2) is 30.3. The summed E-state index contributed by atoms with van der Waals surface area (Å²) in [7, 11) is -1.83. The molecule has 0 aromatic heterocycles. The molecule has 0 nitrogen and oxygen atoms in total. The Labute approximate surface area is 431 Å². The third-order valence-corrected chi connectivity index (χ3v) is 20.2. The van der Waals surface area contributed by atoms with Gasteiger partial charge in [0.15, 0.2) is 0 Å². The Balaban J connectivity index is 1.74. The molecule has 0 heterocycles. The van der Waals surface area contributed by atoms with E-state index >= 15 is 0 Å². The molecule has 0 aliphatic carbocycles. The molecule has 0 saturated heterocycles. The van der Waals surface area contributed by atoms with E-state index in [0.29, 0.717) is 0 Å². The smallest absolute Gasteiger partial charge is 0.00722 e. The number of hydrogen-bond acceptors (Lipinski definition) is 0. The minimum absolute atomic E-state index is 0.913. The maximum Gasteiger partial charge on any atom is -0.00722 e. The van der Waals surface area contributed by atoms with Crippen molar-refractivity contribution in [2.45, 2.75) is 209 Å². The molecule has 0 saturated carbocycles.